The predicted molar refractivity (Wildman–Crippen MR) is 46.4 cm³/mol. The highest BCUT2D eigenvalue weighted by atomic mass is 19.4. The Labute approximate surface area is 87.6 Å². The fourth-order valence-corrected chi connectivity index (χ4v) is 1.14. The lowest BCUT2D eigenvalue weighted by molar-refractivity contribution is -0.274. The zero-order chi connectivity index (χ0) is 11.6. The van der Waals surface area contributed by atoms with E-state index >= 15 is 0 Å². The summed E-state index contributed by atoms with van der Waals surface area (Å²) < 4.78 is 43.9. The van der Waals surface area contributed by atoms with Gasteiger partial charge >= 0.3 is 6.36 Å². The Bertz CT molecular complexity index is 468. The van der Waals surface area contributed by atoms with Gasteiger partial charge in [0, 0.05) is 5.56 Å². The van der Waals surface area contributed by atoms with E-state index in [0.717, 1.165) is 0 Å². The zero-order valence-electron chi connectivity index (χ0n) is 7.73. The second kappa shape index (κ2) is 3.84. The number of ether oxygens (including phenoxy) is 1. The number of benzene rings is 1. The van der Waals surface area contributed by atoms with E-state index in [1.54, 1.807) is 6.07 Å². The summed E-state index contributed by atoms with van der Waals surface area (Å²) in [6.45, 7) is 0. The third kappa shape index (κ3) is 2.50. The molecule has 0 bridgehead atoms. The maximum absolute atomic E-state index is 11.9. The van der Waals surface area contributed by atoms with Crippen molar-refractivity contribution in [3.63, 3.8) is 0 Å². The first-order valence-electron chi connectivity index (χ1n) is 4.18. The van der Waals surface area contributed by atoms with Crippen LogP contribution >= 0.6 is 0 Å². The van der Waals surface area contributed by atoms with Gasteiger partial charge in [-0.3, -0.25) is 0 Å². The molecule has 1 aromatic carbocycles. The SMILES string of the molecule is FC(F)(F)Oc1cccc(-c2cnon2)c1. The third-order valence-electron chi connectivity index (χ3n) is 1.72. The first kappa shape index (κ1) is 10.5. The highest BCUT2D eigenvalue weighted by molar-refractivity contribution is 5.59. The van der Waals surface area contributed by atoms with Crippen molar-refractivity contribution >= 4 is 0 Å². The second-order valence-electron chi connectivity index (χ2n) is 2.87. The Hall–Kier alpha value is -2.05. The molecule has 2 aromatic rings. The van der Waals surface area contributed by atoms with Gasteiger partial charge in [-0.25, -0.2) is 4.63 Å². The molecule has 0 amide bonds. The molecule has 0 aliphatic carbocycles. The maximum Gasteiger partial charge on any atom is 0.573 e. The zero-order valence-corrected chi connectivity index (χ0v) is 7.73. The summed E-state index contributed by atoms with van der Waals surface area (Å²) in [5, 5.41) is 6.85. The largest absolute Gasteiger partial charge is 0.573 e. The smallest absolute Gasteiger partial charge is 0.406 e. The minimum absolute atomic E-state index is 0.312. The van der Waals surface area contributed by atoms with Crippen molar-refractivity contribution in [3.05, 3.63) is 30.5 Å². The minimum Gasteiger partial charge on any atom is -0.406 e. The number of hydrogen-bond donors (Lipinski definition) is 0. The molecule has 0 unspecified atom stereocenters. The molecule has 0 spiro atoms. The van der Waals surface area contributed by atoms with Crippen LogP contribution in [-0.2, 0) is 0 Å². The molecule has 4 nitrogen and oxygen atoms in total. The Morgan fingerprint density at radius 1 is 1.25 bits per heavy atom. The van der Waals surface area contributed by atoms with Crippen molar-refractivity contribution < 1.29 is 22.5 Å². The summed E-state index contributed by atoms with van der Waals surface area (Å²) in [6, 6.07) is 5.39. The second-order valence-corrected chi connectivity index (χ2v) is 2.87. The number of rotatable bonds is 2. The molecular formula is C9H5F3N2O2. The van der Waals surface area contributed by atoms with E-state index in [-0.39, 0.29) is 5.75 Å². The van der Waals surface area contributed by atoms with Gasteiger partial charge in [0.1, 0.15) is 11.4 Å². The fraction of sp³-hybridized carbons (Fsp3) is 0.111. The van der Waals surface area contributed by atoms with Crippen molar-refractivity contribution in [2.75, 3.05) is 0 Å². The van der Waals surface area contributed by atoms with Crippen LogP contribution in [-0.4, -0.2) is 16.7 Å². The third-order valence-corrected chi connectivity index (χ3v) is 1.72. The van der Waals surface area contributed by atoms with Gasteiger partial charge in [0.05, 0.1) is 6.20 Å². The number of aromatic nitrogens is 2. The summed E-state index contributed by atoms with van der Waals surface area (Å²) in [4.78, 5) is 0. The molecule has 16 heavy (non-hydrogen) atoms. The monoisotopic (exact) mass is 230 g/mol. The molecular weight excluding hydrogens is 225 g/mol. The maximum atomic E-state index is 11.9. The van der Waals surface area contributed by atoms with Crippen LogP contribution in [0.25, 0.3) is 11.3 Å². The molecule has 84 valence electrons. The molecule has 0 aliphatic rings. The average Bonchev–Trinajstić information content (AvgIpc) is 2.68. The molecule has 0 atom stereocenters. The molecule has 0 saturated carbocycles. The van der Waals surface area contributed by atoms with E-state index in [1.165, 1.54) is 24.4 Å². The number of hydrogen-bond acceptors (Lipinski definition) is 4. The van der Waals surface area contributed by atoms with Crippen LogP contribution in [0.15, 0.2) is 35.1 Å². The standard InChI is InChI=1S/C9H5F3N2O2/c10-9(11,12)15-7-3-1-2-6(4-7)8-5-13-16-14-8/h1-5H. The van der Waals surface area contributed by atoms with E-state index in [9.17, 15) is 13.2 Å². The Morgan fingerprint density at radius 2 is 2.06 bits per heavy atom. The first-order chi connectivity index (χ1) is 7.54. The van der Waals surface area contributed by atoms with Gasteiger partial charge in [0.2, 0.25) is 0 Å². The molecule has 0 aliphatic heterocycles. The minimum atomic E-state index is -4.71. The Morgan fingerprint density at radius 3 is 2.69 bits per heavy atom. The summed E-state index contributed by atoms with van der Waals surface area (Å²) in [6.07, 6.45) is -3.41. The molecule has 1 heterocycles. The number of nitrogens with zero attached hydrogens (tertiary/aromatic N) is 2. The van der Waals surface area contributed by atoms with Crippen molar-refractivity contribution in [1.82, 2.24) is 10.3 Å². The molecule has 0 fully saturated rings. The van der Waals surface area contributed by atoms with Gasteiger partial charge in [-0.15, -0.1) is 13.2 Å². The Balaban J connectivity index is 2.27. The fourth-order valence-electron chi connectivity index (χ4n) is 1.14. The highest BCUT2D eigenvalue weighted by Gasteiger charge is 2.31. The lowest BCUT2D eigenvalue weighted by Gasteiger charge is -2.08. The lowest BCUT2D eigenvalue weighted by atomic mass is 10.1. The topological polar surface area (TPSA) is 48.2 Å². The number of halogens is 3. The first-order valence-corrected chi connectivity index (χ1v) is 4.18. The summed E-state index contributed by atoms with van der Waals surface area (Å²) in [5.41, 5.74) is 0.774. The van der Waals surface area contributed by atoms with Gasteiger partial charge in [-0.05, 0) is 17.3 Å². The molecule has 0 radical (unpaired) electrons. The van der Waals surface area contributed by atoms with E-state index < -0.39 is 6.36 Å². The van der Waals surface area contributed by atoms with Gasteiger partial charge in [-0.1, -0.05) is 17.3 Å². The number of alkyl halides is 3. The molecule has 0 N–H and O–H groups in total. The van der Waals surface area contributed by atoms with E-state index in [1.807, 2.05) is 0 Å². The summed E-state index contributed by atoms with van der Waals surface area (Å²) >= 11 is 0. The van der Waals surface area contributed by atoms with Crippen molar-refractivity contribution in [2.45, 2.75) is 6.36 Å². The lowest BCUT2D eigenvalue weighted by Crippen LogP contribution is -2.17. The van der Waals surface area contributed by atoms with Gasteiger partial charge < -0.3 is 4.74 Å². The quantitative estimate of drug-likeness (QED) is 0.795. The normalized spacial score (nSPS) is 11.4. The summed E-state index contributed by atoms with van der Waals surface area (Å²) in [7, 11) is 0. The van der Waals surface area contributed by atoms with E-state index in [4.69, 9.17) is 0 Å². The van der Waals surface area contributed by atoms with Gasteiger partial charge in [0.15, 0.2) is 0 Å². The summed E-state index contributed by atoms with van der Waals surface area (Å²) in [5.74, 6) is -0.312. The van der Waals surface area contributed by atoms with Crippen LogP contribution in [0.4, 0.5) is 13.2 Å². The molecule has 7 heteroatoms. The van der Waals surface area contributed by atoms with Crippen molar-refractivity contribution in [2.24, 2.45) is 0 Å². The van der Waals surface area contributed by atoms with Crippen LogP contribution in [0.3, 0.4) is 0 Å². The molecule has 1 aromatic heterocycles. The van der Waals surface area contributed by atoms with Gasteiger partial charge in [0.25, 0.3) is 0 Å². The molecule has 2 rings (SSSR count). The van der Waals surface area contributed by atoms with E-state index in [2.05, 4.69) is 19.7 Å². The predicted octanol–water partition coefficient (Wildman–Crippen LogP) is 2.64. The van der Waals surface area contributed by atoms with Crippen LogP contribution in [0.2, 0.25) is 0 Å². The molecule has 0 saturated heterocycles. The average molecular weight is 230 g/mol. The van der Waals surface area contributed by atoms with Crippen LogP contribution in [0, 0.1) is 0 Å². The van der Waals surface area contributed by atoms with Crippen LogP contribution in [0.5, 0.6) is 5.75 Å². The Kier molecular flexibility index (Phi) is 2.51. The van der Waals surface area contributed by atoms with Crippen molar-refractivity contribution in [1.29, 1.82) is 0 Å². The van der Waals surface area contributed by atoms with Crippen LogP contribution in [0.1, 0.15) is 0 Å². The van der Waals surface area contributed by atoms with Crippen LogP contribution < -0.4 is 4.74 Å². The van der Waals surface area contributed by atoms with Crippen molar-refractivity contribution in [3.8, 4) is 17.0 Å². The van der Waals surface area contributed by atoms with Gasteiger partial charge in [-0.2, -0.15) is 0 Å². The highest BCUT2D eigenvalue weighted by Crippen LogP contribution is 2.26. The van der Waals surface area contributed by atoms with E-state index in [0.29, 0.717) is 11.3 Å².